The van der Waals surface area contributed by atoms with Crippen molar-refractivity contribution in [1.29, 1.82) is 0 Å². The van der Waals surface area contributed by atoms with Crippen LogP contribution in [0.25, 0.3) is 0 Å². The van der Waals surface area contributed by atoms with Crippen molar-refractivity contribution in [2.75, 3.05) is 38.6 Å². The summed E-state index contributed by atoms with van der Waals surface area (Å²) in [6, 6.07) is 16.1. The third-order valence-corrected chi connectivity index (χ3v) is 6.08. The van der Waals surface area contributed by atoms with Crippen molar-refractivity contribution in [3.63, 3.8) is 0 Å². The molecule has 5 heteroatoms. The first-order valence-corrected chi connectivity index (χ1v) is 10.2. The molecule has 2 heterocycles. The maximum atomic E-state index is 12.9. The molecule has 2 aliphatic heterocycles. The number of hydrogen-bond acceptors (Lipinski definition) is 3. The molecular formula is C24H27N3O2. The molecule has 4 rings (SSSR count). The van der Waals surface area contributed by atoms with Gasteiger partial charge in [-0.1, -0.05) is 18.1 Å². The number of carbonyl (C=O) groups excluding carboxylic acids is 1. The molecule has 0 aliphatic carbocycles. The quantitative estimate of drug-likeness (QED) is 0.813. The van der Waals surface area contributed by atoms with Crippen molar-refractivity contribution < 1.29 is 9.53 Å². The molecule has 29 heavy (non-hydrogen) atoms. The summed E-state index contributed by atoms with van der Waals surface area (Å²) >= 11 is 0. The van der Waals surface area contributed by atoms with Crippen LogP contribution in [-0.2, 0) is 0 Å². The fourth-order valence-electron chi connectivity index (χ4n) is 4.50. The van der Waals surface area contributed by atoms with Crippen molar-refractivity contribution in [3.8, 4) is 18.1 Å². The highest BCUT2D eigenvalue weighted by molar-refractivity contribution is 5.89. The number of nitrogens with zero attached hydrogens (tertiary/aromatic N) is 2. The number of anilines is 1. The fraction of sp³-hybridized carbons (Fsp3) is 0.375. The summed E-state index contributed by atoms with van der Waals surface area (Å²) in [7, 11) is 1.63. The molecule has 2 aromatic rings. The fourth-order valence-corrected chi connectivity index (χ4v) is 4.50. The van der Waals surface area contributed by atoms with Crippen molar-refractivity contribution in [2.24, 2.45) is 0 Å². The summed E-state index contributed by atoms with van der Waals surface area (Å²) in [6.45, 7) is 3.64. The van der Waals surface area contributed by atoms with Crippen LogP contribution in [0, 0.1) is 12.3 Å². The molecule has 2 fully saturated rings. The number of methoxy groups -OCH3 is 1. The molecule has 0 radical (unpaired) electrons. The number of ether oxygens (including phenoxy) is 1. The Morgan fingerprint density at radius 2 is 1.86 bits per heavy atom. The number of carbonyl (C=O) groups is 1. The van der Waals surface area contributed by atoms with E-state index in [0.717, 1.165) is 56.0 Å². The van der Waals surface area contributed by atoms with Gasteiger partial charge in [-0.3, -0.25) is 4.90 Å². The summed E-state index contributed by atoms with van der Waals surface area (Å²) in [5.41, 5.74) is 3.00. The third-order valence-electron chi connectivity index (χ3n) is 6.08. The van der Waals surface area contributed by atoms with Gasteiger partial charge in [-0.2, -0.15) is 0 Å². The van der Waals surface area contributed by atoms with Crippen LogP contribution in [0.3, 0.4) is 0 Å². The van der Waals surface area contributed by atoms with Crippen LogP contribution >= 0.6 is 0 Å². The molecule has 2 saturated heterocycles. The van der Waals surface area contributed by atoms with Crippen molar-refractivity contribution in [1.82, 2.24) is 9.80 Å². The van der Waals surface area contributed by atoms with Crippen molar-refractivity contribution in [3.05, 3.63) is 59.7 Å². The average molecular weight is 389 g/mol. The van der Waals surface area contributed by atoms with Gasteiger partial charge in [0.2, 0.25) is 0 Å². The maximum Gasteiger partial charge on any atom is 0.321 e. The molecule has 2 amide bonds. The predicted octanol–water partition coefficient (Wildman–Crippen LogP) is 3.77. The van der Waals surface area contributed by atoms with Gasteiger partial charge in [0.15, 0.2) is 0 Å². The normalized spacial score (nSPS) is 21.7. The number of urea groups is 1. The predicted molar refractivity (Wildman–Crippen MR) is 115 cm³/mol. The van der Waals surface area contributed by atoms with Gasteiger partial charge in [-0.15, -0.1) is 6.42 Å². The molecule has 5 nitrogen and oxygen atoms in total. The first-order chi connectivity index (χ1) is 14.2. The highest BCUT2D eigenvalue weighted by Crippen LogP contribution is 2.35. The summed E-state index contributed by atoms with van der Waals surface area (Å²) in [5.74, 6) is 3.89. The second-order valence-corrected chi connectivity index (χ2v) is 7.72. The van der Waals surface area contributed by atoms with Crippen LogP contribution in [-0.4, -0.2) is 55.2 Å². The minimum atomic E-state index is -0.0367. The Morgan fingerprint density at radius 1 is 1.10 bits per heavy atom. The topological polar surface area (TPSA) is 44.8 Å². The Bertz CT molecular complexity index is 886. The molecule has 0 saturated carbocycles. The molecule has 2 aromatic carbocycles. The van der Waals surface area contributed by atoms with E-state index in [4.69, 9.17) is 11.2 Å². The highest BCUT2D eigenvalue weighted by Gasteiger charge is 2.38. The summed E-state index contributed by atoms with van der Waals surface area (Å²) in [4.78, 5) is 17.4. The number of terminal acetylenes is 1. The number of amides is 2. The van der Waals surface area contributed by atoms with Crippen molar-refractivity contribution >= 4 is 11.7 Å². The van der Waals surface area contributed by atoms with Gasteiger partial charge < -0.3 is 15.0 Å². The van der Waals surface area contributed by atoms with Gasteiger partial charge in [0, 0.05) is 42.8 Å². The van der Waals surface area contributed by atoms with Crippen molar-refractivity contribution in [2.45, 2.75) is 24.8 Å². The highest BCUT2D eigenvalue weighted by atomic mass is 16.5. The number of benzene rings is 2. The lowest BCUT2D eigenvalue weighted by molar-refractivity contribution is 0.197. The molecule has 1 N–H and O–H groups in total. The maximum absolute atomic E-state index is 12.9. The second-order valence-electron chi connectivity index (χ2n) is 7.72. The molecule has 2 aliphatic rings. The van der Waals surface area contributed by atoms with Gasteiger partial charge in [0.05, 0.1) is 7.11 Å². The van der Waals surface area contributed by atoms with E-state index in [1.807, 2.05) is 41.3 Å². The molecule has 0 unspecified atom stereocenters. The second kappa shape index (κ2) is 8.59. The number of hydrogen-bond donors (Lipinski definition) is 1. The molecule has 0 spiro atoms. The molecular weight excluding hydrogens is 362 g/mol. The zero-order valence-electron chi connectivity index (χ0n) is 16.8. The Kier molecular flexibility index (Phi) is 5.73. The van der Waals surface area contributed by atoms with Crippen LogP contribution in [0.15, 0.2) is 48.5 Å². The van der Waals surface area contributed by atoms with E-state index in [1.54, 1.807) is 7.11 Å². The summed E-state index contributed by atoms with van der Waals surface area (Å²) < 4.78 is 5.18. The minimum Gasteiger partial charge on any atom is -0.497 e. The molecule has 2 atom stereocenters. The monoisotopic (exact) mass is 389 g/mol. The van der Waals surface area contributed by atoms with E-state index in [2.05, 4.69) is 28.3 Å². The lowest BCUT2D eigenvalue weighted by atomic mass is 9.91. The van der Waals surface area contributed by atoms with Gasteiger partial charge in [0.25, 0.3) is 0 Å². The van der Waals surface area contributed by atoms with Gasteiger partial charge in [-0.25, -0.2) is 4.79 Å². The van der Waals surface area contributed by atoms with Gasteiger partial charge in [-0.05, 0) is 61.3 Å². The first kappa shape index (κ1) is 19.4. The molecule has 150 valence electrons. The Labute approximate surface area is 172 Å². The Hall–Kier alpha value is -2.97. The van der Waals surface area contributed by atoms with E-state index in [-0.39, 0.29) is 6.03 Å². The lowest BCUT2D eigenvalue weighted by Gasteiger charge is -2.30. The zero-order chi connectivity index (χ0) is 20.2. The van der Waals surface area contributed by atoms with Crippen LogP contribution < -0.4 is 10.1 Å². The Morgan fingerprint density at radius 3 is 2.55 bits per heavy atom. The van der Waals surface area contributed by atoms with Crippen LogP contribution in [0.4, 0.5) is 10.5 Å². The van der Waals surface area contributed by atoms with E-state index in [9.17, 15) is 4.79 Å². The Balaban J connectivity index is 1.46. The number of nitrogens with one attached hydrogen (secondary N) is 1. The third kappa shape index (κ3) is 4.23. The van der Waals surface area contributed by atoms with Gasteiger partial charge in [0.1, 0.15) is 5.75 Å². The average Bonchev–Trinajstić information content (AvgIpc) is 3.03. The lowest BCUT2D eigenvalue weighted by Crippen LogP contribution is -2.43. The smallest absolute Gasteiger partial charge is 0.321 e. The number of rotatable bonds is 3. The minimum absolute atomic E-state index is 0.0367. The molecule has 0 bridgehead atoms. The van der Waals surface area contributed by atoms with Crippen LogP contribution in [0.1, 0.15) is 29.9 Å². The van der Waals surface area contributed by atoms with E-state index in [1.165, 1.54) is 5.56 Å². The van der Waals surface area contributed by atoms with Gasteiger partial charge >= 0.3 is 6.03 Å². The SMILES string of the molecule is C#Cc1ccc([C@H]2CCN3CCCN(C(=O)Nc4ccc(OC)cc4)C[C@@H]23)cc1. The first-order valence-electron chi connectivity index (χ1n) is 10.2. The zero-order valence-corrected chi connectivity index (χ0v) is 16.8. The number of fused-ring (bicyclic) bond motifs is 1. The standard InChI is InChI=1S/C24H27N3O2/c1-3-18-5-7-19(8-6-18)22-13-16-26-14-4-15-27(17-23(22)26)24(28)25-20-9-11-21(29-2)12-10-20/h1,5-12,22-23H,4,13-17H2,2H3,(H,25,28)/t22-,23+/m1/s1. The molecule has 0 aromatic heterocycles. The van der Waals surface area contributed by atoms with E-state index in [0.29, 0.717) is 12.0 Å². The van der Waals surface area contributed by atoms with Crippen LogP contribution in [0.2, 0.25) is 0 Å². The van der Waals surface area contributed by atoms with E-state index >= 15 is 0 Å². The van der Waals surface area contributed by atoms with Crippen LogP contribution in [0.5, 0.6) is 5.75 Å². The summed E-state index contributed by atoms with van der Waals surface area (Å²) in [5, 5.41) is 3.03. The summed E-state index contributed by atoms with van der Waals surface area (Å²) in [6.07, 6.45) is 7.61. The largest absolute Gasteiger partial charge is 0.497 e. The van der Waals surface area contributed by atoms with E-state index < -0.39 is 0 Å².